The maximum absolute atomic E-state index is 13.4. The number of benzene rings is 2. The summed E-state index contributed by atoms with van der Waals surface area (Å²) in [5, 5.41) is 0. The van der Waals surface area contributed by atoms with Crippen LogP contribution >= 0.6 is 0 Å². The Hall–Kier alpha value is -2.57. The summed E-state index contributed by atoms with van der Waals surface area (Å²) in [6, 6.07) is 9.82. The van der Waals surface area contributed by atoms with E-state index in [4.69, 9.17) is 0 Å². The molecule has 3 nitrogen and oxygen atoms in total. The van der Waals surface area contributed by atoms with Gasteiger partial charge in [0.2, 0.25) is 0 Å². The molecule has 0 radical (unpaired) electrons. The molecule has 0 aliphatic rings. The van der Waals surface area contributed by atoms with Gasteiger partial charge in [-0.15, -0.1) is 0 Å². The lowest BCUT2D eigenvalue weighted by molar-refractivity contribution is -0.140. The molecule has 0 unspecified atom stereocenters. The van der Waals surface area contributed by atoms with Crippen LogP contribution in [0.3, 0.4) is 0 Å². The van der Waals surface area contributed by atoms with Crippen LogP contribution in [0.1, 0.15) is 28.4 Å². The normalized spacial score (nSPS) is 11.3. The molecular weight excluding hydrogens is 348 g/mol. The van der Waals surface area contributed by atoms with Crippen molar-refractivity contribution in [2.24, 2.45) is 0 Å². The number of anilines is 1. The van der Waals surface area contributed by atoms with E-state index in [1.807, 2.05) is 43.3 Å². The molecule has 0 heterocycles. The summed E-state index contributed by atoms with van der Waals surface area (Å²) in [7, 11) is 3.81. The van der Waals surface area contributed by atoms with Crippen molar-refractivity contribution in [3.05, 3.63) is 65.0 Å². The number of rotatable bonds is 5. The van der Waals surface area contributed by atoms with Crippen molar-refractivity contribution in [1.82, 2.24) is 4.90 Å². The van der Waals surface area contributed by atoms with Crippen molar-refractivity contribution in [2.45, 2.75) is 19.6 Å². The summed E-state index contributed by atoms with van der Waals surface area (Å²) in [5.41, 5.74) is 0.223. The SMILES string of the molecule is CCN(Cc1ccc(N(C)C)cc1)C(=O)c1ccc(F)c(C(F)(F)F)c1. The minimum atomic E-state index is -4.85. The zero-order chi connectivity index (χ0) is 19.5. The van der Waals surface area contributed by atoms with Crippen LogP contribution in [-0.2, 0) is 12.7 Å². The highest BCUT2D eigenvalue weighted by molar-refractivity contribution is 5.94. The minimum absolute atomic E-state index is 0.189. The Kier molecular flexibility index (Phi) is 5.90. The lowest BCUT2D eigenvalue weighted by Crippen LogP contribution is -2.30. The summed E-state index contributed by atoms with van der Waals surface area (Å²) in [4.78, 5) is 15.9. The lowest BCUT2D eigenvalue weighted by atomic mass is 10.1. The number of amides is 1. The molecule has 0 saturated carbocycles. The second-order valence-corrected chi connectivity index (χ2v) is 6.07. The number of carbonyl (C=O) groups is 1. The molecule has 0 bridgehead atoms. The first-order valence-corrected chi connectivity index (χ1v) is 8.05. The van der Waals surface area contributed by atoms with Gasteiger partial charge in [0.1, 0.15) is 5.82 Å². The number of hydrogen-bond acceptors (Lipinski definition) is 2. The lowest BCUT2D eigenvalue weighted by Gasteiger charge is -2.22. The van der Waals surface area contributed by atoms with Crippen LogP contribution in [0.4, 0.5) is 23.2 Å². The Morgan fingerprint density at radius 2 is 1.65 bits per heavy atom. The highest BCUT2D eigenvalue weighted by atomic mass is 19.4. The van der Waals surface area contributed by atoms with Gasteiger partial charge in [0, 0.05) is 38.4 Å². The largest absolute Gasteiger partial charge is 0.419 e. The van der Waals surface area contributed by atoms with Gasteiger partial charge >= 0.3 is 6.18 Å². The standard InChI is InChI=1S/C19H20F4N2O/c1-4-25(12-13-5-8-15(9-6-13)24(2)3)18(26)14-7-10-17(20)16(11-14)19(21,22)23/h5-11H,4,12H2,1-3H3. The molecule has 0 N–H and O–H groups in total. The van der Waals surface area contributed by atoms with Crippen LogP contribution in [0.2, 0.25) is 0 Å². The molecule has 0 atom stereocenters. The Morgan fingerprint density at radius 3 is 2.15 bits per heavy atom. The summed E-state index contributed by atoms with van der Waals surface area (Å²) in [6.07, 6.45) is -4.85. The molecule has 140 valence electrons. The molecule has 0 saturated heterocycles. The Morgan fingerprint density at radius 1 is 1.04 bits per heavy atom. The number of alkyl halides is 3. The third-order valence-corrected chi connectivity index (χ3v) is 4.01. The van der Waals surface area contributed by atoms with Gasteiger partial charge in [0.25, 0.3) is 5.91 Å². The maximum atomic E-state index is 13.4. The number of hydrogen-bond donors (Lipinski definition) is 0. The molecule has 26 heavy (non-hydrogen) atoms. The summed E-state index contributed by atoms with van der Waals surface area (Å²) < 4.78 is 52.0. The molecule has 0 aliphatic heterocycles. The first-order valence-electron chi connectivity index (χ1n) is 8.05. The average Bonchev–Trinajstić information content (AvgIpc) is 2.59. The van der Waals surface area contributed by atoms with E-state index in [-0.39, 0.29) is 12.1 Å². The van der Waals surface area contributed by atoms with Crippen LogP contribution in [0.5, 0.6) is 0 Å². The van der Waals surface area contributed by atoms with Crippen LogP contribution in [-0.4, -0.2) is 31.4 Å². The van der Waals surface area contributed by atoms with Crippen molar-refractivity contribution in [3.63, 3.8) is 0 Å². The molecule has 1 amide bonds. The quantitative estimate of drug-likeness (QED) is 0.722. The van der Waals surface area contributed by atoms with Crippen LogP contribution in [0.25, 0.3) is 0 Å². The van der Waals surface area contributed by atoms with E-state index in [2.05, 4.69) is 0 Å². The van der Waals surface area contributed by atoms with E-state index in [0.717, 1.165) is 17.3 Å². The molecule has 2 aromatic carbocycles. The van der Waals surface area contributed by atoms with Gasteiger partial charge in [-0.25, -0.2) is 4.39 Å². The first-order chi connectivity index (χ1) is 12.1. The van der Waals surface area contributed by atoms with E-state index < -0.39 is 23.5 Å². The second-order valence-electron chi connectivity index (χ2n) is 6.07. The molecule has 0 fully saturated rings. The van der Waals surface area contributed by atoms with Crippen molar-refractivity contribution < 1.29 is 22.4 Å². The van der Waals surface area contributed by atoms with Gasteiger partial charge in [-0.3, -0.25) is 4.79 Å². The fraction of sp³-hybridized carbons (Fsp3) is 0.316. The molecular formula is C19H20F4N2O. The Labute approximate surface area is 149 Å². The van der Waals surface area contributed by atoms with E-state index in [0.29, 0.717) is 18.7 Å². The van der Waals surface area contributed by atoms with Gasteiger partial charge < -0.3 is 9.80 Å². The van der Waals surface area contributed by atoms with Crippen molar-refractivity contribution in [1.29, 1.82) is 0 Å². The number of carbonyl (C=O) groups excluding carboxylic acids is 1. The minimum Gasteiger partial charge on any atom is -0.378 e. The Balaban J connectivity index is 2.23. The number of nitrogens with zero attached hydrogens (tertiary/aromatic N) is 2. The Bertz CT molecular complexity index is 770. The molecule has 0 aromatic heterocycles. The summed E-state index contributed by atoms with van der Waals surface area (Å²) in [6.45, 7) is 2.30. The maximum Gasteiger partial charge on any atom is 0.419 e. The van der Waals surface area contributed by atoms with Gasteiger partial charge in [-0.2, -0.15) is 13.2 Å². The first kappa shape index (κ1) is 19.8. The summed E-state index contributed by atoms with van der Waals surface area (Å²) in [5.74, 6) is -1.97. The fourth-order valence-corrected chi connectivity index (χ4v) is 2.51. The van der Waals surface area contributed by atoms with Crippen molar-refractivity contribution in [3.8, 4) is 0 Å². The van der Waals surface area contributed by atoms with Gasteiger partial charge in [-0.1, -0.05) is 12.1 Å². The fourth-order valence-electron chi connectivity index (χ4n) is 2.51. The van der Waals surface area contributed by atoms with Crippen LogP contribution in [0, 0.1) is 5.82 Å². The van der Waals surface area contributed by atoms with Crippen LogP contribution < -0.4 is 4.90 Å². The zero-order valence-corrected chi connectivity index (χ0v) is 14.8. The van der Waals surface area contributed by atoms with Crippen molar-refractivity contribution in [2.75, 3.05) is 25.5 Å². The molecule has 2 rings (SSSR count). The highest BCUT2D eigenvalue weighted by Crippen LogP contribution is 2.32. The highest BCUT2D eigenvalue weighted by Gasteiger charge is 2.35. The van der Waals surface area contributed by atoms with Gasteiger partial charge in [0.05, 0.1) is 5.56 Å². The summed E-state index contributed by atoms with van der Waals surface area (Å²) >= 11 is 0. The molecule has 7 heteroatoms. The third-order valence-electron chi connectivity index (χ3n) is 4.01. The molecule has 2 aromatic rings. The average molecular weight is 368 g/mol. The van der Waals surface area contributed by atoms with E-state index in [1.54, 1.807) is 6.92 Å². The van der Waals surface area contributed by atoms with Crippen LogP contribution in [0.15, 0.2) is 42.5 Å². The zero-order valence-electron chi connectivity index (χ0n) is 14.8. The predicted octanol–water partition coefficient (Wildman–Crippen LogP) is 4.57. The predicted molar refractivity (Wildman–Crippen MR) is 92.6 cm³/mol. The van der Waals surface area contributed by atoms with E-state index >= 15 is 0 Å². The molecule has 0 spiro atoms. The second kappa shape index (κ2) is 7.76. The topological polar surface area (TPSA) is 23.6 Å². The molecule has 0 aliphatic carbocycles. The van der Waals surface area contributed by atoms with Crippen molar-refractivity contribution >= 4 is 11.6 Å². The monoisotopic (exact) mass is 368 g/mol. The smallest absolute Gasteiger partial charge is 0.378 e. The number of halogens is 4. The van der Waals surface area contributed by atoms with Gasteiger partial charge in [0.15, 0.2) is 0 Å². The van der Waals surface area contributed by atoms with E-state index in [1.165, 1.54) is 4.90 Å². The van der Waals surface area contributed by atoms with E-state index in [9.17, 15) is 22.4 Å². The van der Waals surface area contributed by atoms with Gasteiger partial charge in [-0.05, 0) is 42.8 Å². The third kappa shape index (κ3) is 4.53.